The molecule has 72 valence electrons. The smallest absolute Gasteiger partial charge is 0.0285 e. The number of alkyl halides is 1. The molecule has 0 aromatic carbocycles. The Bertz CT molecular complexity index is 138. The van der Waals surface area contributed by atoms with E-state index in [-0.39, 0.29) is 0 Å². The van der Waals surface area contributed by atoms with Crippen LogP contribution >= 0.6 is 15.9 Å². The Kier molecular flexibility index (Phi) is 4.04. The Balaban J connectivity index is 2.37. The van der Waals surface area contributed by atoms with E-state index in [2.05, 4.69) is 41.6 Å². The van der Waals surface area contributed by atoms with Crippen LogP contribution in [0.5, 0.6) is 0 Å². The largest absolute Gasteiger partial charge is 0.299 e. The number of rotatable bonds is 3. The fourth-order valence-electron chi connectivity index (χ4n) is 1.81. The van der Waals surface area contributed by atoms with Gasteiger partial charge in [-0.3, -0.25) is 4.90 Å². The molecule has 0 saturated carbocycles. The Labute approximate surface area is 84.6 Å². The first kappa shape index (κ1) is 10.5. The molecule has 1 aliphatic heterocycles. The van der Waals surface area contributed by atoms with E-state index in [1.807, 2.05) is 0 Å². The lowest BCUT2D eigenvalue weighted by molar-refractivity contribution is 0.196. The van der Waals surface area contributed by atoms with E-state index in [4.69, 9.17) is 0 Å². The average molecular weight is 234 g/mol. The van der Waals surface area contributed by atoms with E-state index < -0.39 is 0 Å². The zero-order chi connectivity index (χ0) is 9.14. The molecule has 0 radical (unpaired) electrons. The first-order chi connectivity index (χ1) is 5.65. The minimum atomic E-state index is 0.740. The second-order valence-electron chi connectivity index (χ2n) is 4.01. The predicted molar refractivity (Wildman–Crippen MR) is 57.8 cm³/mol. The molecule has 1 saturated heterocycles. The normalized spacial score (nSPS) is 30.5. The molecular formula is C10H20BrN. The van der Waals surface area contributed by atoms with Crippen molar-refractivity contribution in [2.45, 2.75) is 44.5 Å². The summed E-state index contributed by atoms with van der Waals surface area (Å²) < 4.78 is 0. The third-order valence-corrected chi connectivity index (χ3v) is 3.95. The lowest BCUT2D eigenvalue weighted by Crippen LogP contribution is -2.35. The first-order valence-corrected chi connectivity index (χ1v) is 5.94. The Morgan fingerprint density at radius 2 is 2.17 bits per heavy atom. The molecular weight excluding hydrogens is 214 g/mol. The Morgan fingerprint density at radius 1 is 1.50 bits per heavy atom. The van der Waals surface area contributed by atoms with Crippen molar-refractivity contribution in [2.75, 3.05) is 13.1 Å². The van der Waals surface area contributed by atoms with Crippen molar-refractivity contribution in [3.8, 4) is 0 Å². The van der Waals surface area contributed by atoms with Gasteiger partial charge in [0.2, 0.25) is 0 Å². The fraction of sp³-hybridized carbons (Fsp3) is 1.00. The topological polar surface area (TPSA) is 3.24 Å². The zero-order valence-electron chi connectivity index (χ0n) is 8.39. The summed E-state index contributed by atoms with van der Waals surface area (Å²) >= 11 is 3.68. The summed E-state index contributed by atoms with van der Waals surface area (Å²) in [6.07, 6.45) is 2.62. The molecule has 1 aliphatic rings. The van der Waals surface area contributed by atoms with Crippen molar-refractivity contribution in [3.05, 3.63) is 0 Å². The van der Waals surface area contributed by atoms with E-state index >= 15 is 0 Å². The molecule has 1 rings (SSSR count). The summed E-state index contributed by atoms with van der Waals surface area (Å²) in [7, 11) is 0. The highest BCUT2D eigenvalue weighted by atomic mass is 79.9. The number of hydrogen-bond acceptors (Lipinski definition) is 1. The monoisotopic (exact) mass is 233 g/mol. The lowest BCUT2D eigenvalue weighted by Gasteiger charge is -2.28. The van der Waals surface area contributed by atoms with E-state index in [0.29, 0.717) is 0 Å². The van der Waals surface area contributed by atoms with Crippen LogP contribution in [0.15, 0.2) is 0 Å². The highest BCUT2D eigenvalue weighted by Crippen LogP contribution is 2.23. The van der Waals surface area contributed by atoms with Crippen molar-refractivity contribution in [1.82, 2.24) is 4.90 Å². The van der Waals surface area contributed by atoms with Gasteiger partial charge in [0.15, 0.2) is 0 Å². The minimum absolute atomic E-state index is 0.740. The number of likely N-dealkylation sites (tertiary alicyclic amines) is 1. The maximum absolute atomic E-state index is 3.68. The van der Waals surface area contributed by atoms with Gasteiger partial charge in [-0.1, -0.05) is 36.2 Å². The molecule has 1 heterocycles. The molecule has 2 heteroatoms. The molecule has 0 N–H and O–H groups in total. The van der Waals surface area contributed by atoms with Crippen LogP contribution in [0.25, 0.3) is 0 Å². The zero-order valence-corrected chi connectivity index (χ0v) is 9.97. The molecule has 0 spiro atoms. The summed E-state index contributed by atoms with van der Waals surface area (Å²) in [6.45, 7) is 9.52. The van der Waals surface area contributed by atoms with Gasteiger partial charge in [0, 0.05) is 17.4 Å². The van der Waals surface area contributed by atoms with Gasteiger partial charge in [-0.15, -0.1) is 0 Å². The second-order valence-corrected chi connectivity index (χ2v) is 5.30. The van der Waals surface area contributed by atoms with Crippen LogP contribution < -0.4 is 0 Å². The van der Waals surface area contributed by atoms with Crippen LogP contribution in [-0.2, 0) is 0 Å². The maximum Gasteiger partial charge on any atom is 0.0285 e. The van der Waals surface area contributed by atoms with Crippen molar-refractivity contribution >= 4 is 15.9 Å². The van der Waals surface area contributed by atoms with E-state index in [1.165, 1.54) is 25.9 Å². The van der Waals surface area contributed by atoms with Crippen molar-refractivity contribution in [3.63, 3.8) is 0 Å². The first-order valence-electron chi connectivity index (χ1n) is 5.03. The molecule has 1 nitrogen and oxygen atoms in total. The summed E-state index contributed by atoms with van der Waals surface area (Å²) in [5, 5.41) is 0. The van der Waals surface area contributed by atoms with Gasteiger partial charge < -0.3 is 0 Å². The van der Waals surface area contributed by atoms with Crippen LogP contribution in [0.3, 0.4) is 0 Å². The Hall–Kier alpha value is 0.440. The fourth-order valence-corrected chi connectivity index (χ4v) is 2.39. The van der Waals surface area contributed by atoms with Crippen LogP contribution in [0.1, 0.15) is 33.6 Å². The van der Waals surface area contributed by atoms with Crippen LogP contribution in [0, 0.1) is 5.92 Å². The van der Waals surface area contributed by atoms with Crippen molar-refractivity contribution in [1.29, 1.82) is 0 Å². The molecule has 3 atom stereocenters. The molecule has 0 bridgehead atoms. The van der Waals surface area contributed by atoms with Gasteiger partial charge in [-0.25, -0.2) is 0 Å². The molecule has 1 fully saturated rings. The standard InChI is InChI=1S/C10H20BrN/c1-4-8(2)9(3)12-6-5-10(11)7-12/h8-10H,4-7H2,1-3H3. The van der Waals surface area contributed by atoms with Gasteiger partial charge in [-0.2, -0.15) is 0 Å². The van der Waals surface area contributed by atoms with E-state index in [1.54, 1.807) is 0 Å². The molecule has 0 aromatic rings. The maximum atomic E-state index is 3.68. The van der Waals surface area contributed by atoms with Gasteiger partial charge in [-0.05, 0) is 25.8 Å². The molecule has 3 unspecified atom stereocenters. The number of halogens is 1. The minimum Gasteiger partial charge on any atom is -0.299 e. The third kappa shape index (κ3) is 2.46. The summed E-state index contributed by atoms with van der Waals surface area (Å²) in [4.78, 5) is 3.34. The Morgan fingerprint density at radius 3 is 2.58 bits per heavy atom. The van der Waals surface area contributed by atoms with Crippen molar-refractivity contribution < 1.29 is 0 Å². The SMILES string of the molecule is CCC(C)C(C)N1CCC(Br)C1. The van der Waals surface area contributed by atoms with Crippen LogP contribution in [-0.4, -0.2) is 28.9 Å². The van der Waals surface area contributed by atoms with Crippen LogP contribution in [0.4, 0.5) is 0 Å². The molecule has 0 amide bonds. The summed E-state index contributed by atoms with van der Waals surface area (Å²) in [5.74, 6) is 0.836. The third-order valence-electron chi connectivity index (χ3n) is 3.21. The van der Waals surface area contributed by atoms with E-state index in [0.717, 1.165) is 16.8 Å². The average Bonchev–Trinajstić information content (AvgIpc) is 2.49. The molecule has 0 aromatic heterocycles. The highest BCUT2D eigenvalue weighted by Gasteiger charge is 2.26. The van der Waals surface area contributed by atoms with Gasteiger partial charge in [0.1, 0.15) is 0 Å². The summed E-state index contributed by atoms with van der Waals surface area (Å²) in [5.41, 5.74) is 0. The van der Waals surface area contributed by atoms with Gasteiger partial charge in [0.05, 0.1) is 0 Å². The number of nitrogens with zero attached hydrogens (tertiary/aromatic N) is 1. The molecule has 12 heavy (non-hydrogen) atoms. The van der Waals surface area contributed by atoms with E-state index in [9.17, 15) is 0 Å². The lowest BCUT2D eigenvalue weighted by atomic mass is 10.00. The van der Waals surface area contributed by atoms with Crippen LogP contribution in [0.2, 0.25) is 0 Å². The summed E-state index contributed by atoms with van der Waals surface area (Å²) in [6, 6.07) is 0.762. The van der Waals surface area contributed by atoms with Crippen molar-refractivity contribution in [2.24, 2.45) is 5.92 Å². The second kappa shape index (κ2) is 4.61. The van der Waals surface area contributed by atoms with Gasteiger partial charge >= 0.3 is 0 Å². The highest BCUT2D eigenvalue weighted by molar-refractivity contribution is 9.09. The quantitative estimate of drug-likeness (QED) is 0.679. The van der Waals surface area contributed by atoms with Gasteiger partial charge in [0.25, 0.3) is 0 Å². The molecule has 0 aliphatic carbocycles. The predicted octanol–water partition coefficient (Wildman–Crippen LogP) is 2.89. The number of hydrogen-bond donors (Lipinski definition) is 0.